The Morgan fingerprint density at radius 2 is 1.94 bits per heavy atom. The average Bonchev–Trinajstić information content (AvgIpc) is 3.35. The number of anilines is 4. The Labute approximate surface area is 188 Å². The number of hydrogen-bond donors (Lipinski definition) is 2. The van der Waals surface area contributed by atoms with Gasteiger partial charge in [-0.05, 0) is 0 Å². The number of nitrogens with one attached hydrogen (secondary N) is 2. The van der Waals surface area contributed by atoms with Crippen molar-refractivity contribution >= 4 is 23.7 Å². The zero-order chi connectivity index (χ0) is 23.0. The second kappa shape index (κ2) is 8.48. The Hall–Kier alpha value is -3.45. The van der Waals surface area contributed by atoms with Crippen LogP contribution in [0.25, 0.3) is 0 Å². The van der Waals surface area contributed by atoms with Crippen LogP contribution in [-0.2, 0) is 22.1 Å². The molecule has 0 unspecified atom stereocenters. The van der Waals surface area contributed by atoms with Gasteiger partial charge in [0.25, 0.3) is 0 Å². The first kappa shape index (κ1) is 21.4. The van der Waals surface area contributed by atoms with Crippen molar-refractivity contribution in [3.8, 4) is 0 Å². The molecule has 1 aliphatic heterocycles. The molecule has 1 aliphatic carbocycles. The molecule has 174 valence electrons. The van der Waals surface area contributed by atoms with E-state index in [2.05, 4.69) is 35.6 Å². The predicted octanol–water partition coefficient (Wildman–Crippen LogP) is 1.58. The van der Waals surface area contributed by atoms with Crippen molar-refractivity contribution in [1.29, 1.82) is 0 Å². The van der Waals surface area contributed by atoms with Gasteiger partial charge >= 0.3 is 0 Å². The van der Waals surface area contributed by atoms with Crippen molar-refractivity contribution in [2.24, 2.45) is 7.05 Å². The van der Waals surface area contributed by atoms with Crippen LogP contribution in [0.15, 0.2) is 24.8 Å². The van der Waals surface area contributed by atoms with E-state index in [1.165, 1.54) is 7.11 Å². The number of methoxy groups -OCH3 is 1. The second-order valence-electron chi connectivity index (χ2n) is 7.94. The molecule has 2 aliphatic rings. The number of ether oxygens (including phenoxy) is 2. The molecule has 2 atom stereocenters. The molecular weight excluding hydrogens is 436 g/mol. The monoisotopic (exact) mass is 459 g/mol. The van der Waals surface area contributed by atoms with E-state index in [4.69, 9.17) is 9.47 Å². The summed E-state index contributed by atoms with van der Waals surface area (Å²) in [5, 5.41) is 6.25. The number of aryl methyl sites for hydroxylation is 1. The molecule has 5 rings (SSSR count). The lowest BCUT2D eigenvalue weighted by Crippen LogP contribution is -2.38. The molecular formula is C20H23F2N9O2. The summed E-state index contributed by atoms with van der Waals surface area (Å²) in [5.74, 6) is -0.0507. The minimum absolute atomic E-state index is 0.0447. The molecule has 33 heavy (non-hydrogen) atoms. The van der Waals surface area contributed by atoms with Crippen LogP contribution in [0.1, 0.15) is 12.1 Å². The fourth-order valence-corrected chi connectivity index (χ4v) is 3.87. The highest BCUT2D eigenvalue weighted by Crippen LogP contribution is 2.50. The van der Waals surface area contributed by atoms with Gasteiger partial charge in [-0.25, -0.2) is 13.8 Å². The van der Waals surface area contributed by atoms with Crippen LogP contribution in [0, 0.1) is 11.6 Å². The molecule has 0 radical (unpaired) electrons. The lowest BCUT2D eigenvalue weighted by molar-refractivity contribution is 0.122. The molecule has 2 N–H and O–H groups in total. The molecule has 0 spiro atoms. The molecule has 13 heteroatoms. The highest BCUT2D eigenvalue weighted by atomic mass is 19.1. The van der Waals surface area contributed by atoms with Crippen LogP contribution in [0.2, 0.25) is 0 Å². The fourth-order valence-electron chi connectivity index (χ4n) is 3.87. The second-order valence-corrected chi connectivity index (χ2v) is 7.94. The van der Waals surface area contributed by atoms with Crippen molar-refractivity contribution in [3.63, 3.8) is 0 Å². The van der Waals surface area contributed by atoms with Crippen LogP contribution in [-0.4, -0.2) is 69.0 Å². The molecule has 1 saturated carbocycles. The lowest BCUT2D eigenvalue weighted by Gasteiger charge is -2.27. The third kappa shape index (κ3) is 4.28. The van der Waals surface area contributed by atoms with E-state index >= 15 is 0 Å². The van der Waals surface area contributed by atoms with E-state index in [1.807, 2.05) is 11.9 Å². The van der Waals surface area contributed by atoms with E-state index in [0.717, 1.165) is 12.3 Å². The third-order valence-electron chi connectivity index (χ3n) is 5.61. The minimum Gasteiger partial charge on any atom is -0.378 e. The first-order valence-corrected chi connectivity index (χ1v) is 10.4. The van der Waals surface area contributed by atoms with E-state index in [9.17, 15) is 8.78 Å². The van der Waals surface area contributed by atoms with Gasteiger partial charge in [0.05, 0.1) is 31.8 Å². The number of nitrogens with zero attached hydrogens (tertiary/aromatic N) is 7. The van der Waals surface area contributed by atoms with Crippen molar-refractivity contribution in [2.45, 2.75) is 18.1 Å². The van der Waals surface area contributed by atoms with Crippen LogP contribution >= 0.6 is 0 Å². The van der Waals surface area contributed by atoms with Gasteiger partial charge < -0.3 is 29.6 Å². The summed E-state index contributed by atoms with van der Waals surface area (Å²) in [6, 6.07) is 0.803. The van der Waals surface area contributed by atoms with Crippen LogP contribution in [0.4, 0.5) is 32.4 Å². The number of rotatable bonds is 7. The van der Waals surface area contributed by atoms with Gasteiger partial charge in [-0.1, -0.05) is 0 Å². The maximum atomic E-state index is 14.6. The maximum Gasteiger partial charge on any atom is 0.235 e. The molecule has 4 heterocycles. The molecule has 0 amide bonds. The van der Waals surface area contributed by atoms with Crippen molar-refractivity contribution in [3.05, 3.63) is 42.1 Å². The minimum atomic E-state index is -1.03. The summed E-state index contributed by atoms with van der Waals surface area (Å²) in [4.78, 5) is 23.8. The smallest absolute Gasteiger partial charge is 0.235 e. The quantitative estimate of drug-likeness (QED) is 0.540. The van der Waals surface area contributed by atoms with Gasteiger partial charge in [0.15, 0.2) is 5.82 Å². The summed E-state index contributed by atoms with van der Waals surface area (Å²) in [7, 11) is 3.37. The molecule has 11 nitrogen and oxygen atoms in total. The zero-order valence-corrected chi connectivity index (χ0v) is 18.1. The maximum absolute atomic E-state index is 14.6. The molecule has 2 fully saturated rings. The first-order chi connectivity index (χ1) is 16.0. The highest BCUT2D eigenvalue weighted by Gasteiger charge is 2.59. The fraction of sp³-hybridized carbons (Fsp3) is 0.450. The molecule has 3 aromatic heterocycles. The zero-order valence-electron chi connectivity index (χ0n) is 18.1. The molecule has 0 bridgehead atoms. The lowest BCUT2D eigenvalue weighted by atomic mass is 10.1. The average molecular weight is 459 g/mol. The Kier molecular flexibility index (Phi) is 5.50. The number of hydrogen-bond acceptors (Lipinski definition) is 10. The Morgan fingerprint density at radius 3 is 2.61 bits per heavy atom. The number of morpholine rings is 1. The van der Waals surface area contributed by atoms with Crippen LogP contribution in [0.3, 0.4) is 0 Å². The Morgan fingerprint density at radius 1 is 1.15 bits per heavy atom. The van der Waals surface area contributed by atoms with E-state index in [0.29, 0.717) is 44.5 Å². The van der Waals surface area contributed by atoms with Crippen molar-refractivity contribution in [1.82, 2.24) is 29.5 Å². The standard InChI is InChI=1S/C20H23F2N9O2/c1-30-10-15(24-11-30)25-17-26-18(28-19(27-17)31-3-5-33-6-4-31)29-20(8-14(20)32-2)16-13(22)7-12(21)9-23-16/h7,9-11,14H,3-6,8H2,1-2H3,(H2,25,26,27,28,29)/t14-,20-/m1/s1. The number of aromatic nitrogens is 6. The van der Waals surface area contributed by atoms with Gasteiger partial charge in [0.2, 0.25) is 17.8 Å². The summed E-state index contributed by atoms with van der Waals surface area (Å²) >= 11 is 0. The topological polar surface area (TPSA) is 115 Å². The van der Waals surface area contributed by atoms with Gasteiger partial charge in [-0.15, -0.1) is 0 Å². The number of pyridine rings is 1. The van der Waals surface area contributed by atoms with Gasteiger partial charge in [-0.3, -0.25) is 4.98 Å². The van der Waals surface area contributed by atoms with Gasteiger partial charge in [0, 0.05) is 45.9 Å². The van der Waals surface area contributed by atoms with Crippen LogP contribution in [0.5, 0.6) is 0 Å². The number of imidazole rings is 1. The SMILES string of the molecule is CO[C@@H]1C[C@]1(Nc1nc(Nc2cn(C)cn2)nc(N2CCOCC2)n1)c1ncc(F)cc1F. The molecule has 0 aromatic carbocycles. The Bertz CT molecular complexity index is 1150. The predicted molar refractivity (Wildman–Crippen MR) is 114 cm³/mol. The van der Waals surface area contributed by atoms with Gasteiger partial charge in [-0.2, -0.15) is 15.0 Å². The third-order valence-corrected chi connectivity index (χ3v) is 5.61. The largest absolute Gasteiger partial charge is 0.378 e. The highest BCUT2D eigenvalue weighted by molar-refractivity contribution is 5.53. The Balaban J connectivity index is 1.50. The van der Waals surface area contributed by atoms with Crippen LogP contribution < -0.4 is 15.5 Å². The summed E-state index contributed by atoms with van der Waals surface area (Å²) in [5.41, 5.74) is -0.985. The van der Waals surface area contributed by atoms with E-state index in [1.54, 1.807) is 17.1 Å². The van der Waals surface area contributed by atoms with Crippen molar-refractivity contribution in [2.75, 3.05) is 48.9 Å². The summed E-state index contributed by atoms with van der Waals surface area (Å²) in [6.45, 7) is 2.34. The summed E-state index contributed by atoms with van der Waals surface area (Å²) in [6.07, 6.45) is 4.44. The van der Waals surface area contributed by atoms with E-state index < -0.39 is 17.2 Å². The van der Waals surface area contributed by atoms with E-state index in [-0.39, 0.29) is 23.7 Å². The number of halogens is 2. The molecule has 3 aromatic rings. The molecule has 1 saturated heterocycles. The first-order valence-electron chi connectivity index (χ1n) is 10.4. The van der Waals surface area contributed by atoms with Crippen molar-refractivity contribution < 1.29 is 18.3 Å². The normalized spacial score (nSPS) is 22.3. The summed E-state index contributed by atoms with van der Waals surface area (Å²) < 4.78 is 40.8. The van der Waals surface area contributed by atoms with Gasteiger partial charge in [0.1, 0.15) is 22.9 Å².